The van der Waals surface area contributed by atoms with Crippen molar-refractivity contribution in [1.82, 2.24) is 15.1 Å². The summed E-state index contributed by atoms with van der Waals surface area (Å²) in [4.78, 5) is 17.5. The van der Waals surface area contributed by atoms with Gasteiger partial charge in [0.2, 0.25) is 5.91 Å². The molecule has 0 aromatic carbocycles. The maximum Gasteiger partial charge on any atom is 0.224 e. The van der Waals surface area contributed by atoms with E-state index >= 15 is 0 Å². The molecule has 0 aromatic rings. The van der Waals surface area contributed by atoms with Crippen molar-refractivity contribution in [2.24, 2.45) is 11.8 Å². The fourth-order valence-corrected chi connectivity index (χ4v) is 4.91. The van der Waals surface area contributed by atoms with E-state index in [1.54, 1.807) is 0 Å². The number of hydrogen-bond donors (Lipinski definition) is 1. The molecule has 1 amide bonds. The molecule has 0 aromatic heterocycles. The molecule has 3 aliphatic rings. The van der Waals surface area contributed by atoms with Crippen LogP contribution in [0.4, 0.5) is 0 Å². The Hall–Kier alpha value is -0.610. The first kappa shape index (κ1) is 15.3. The molecule has 0 radical (unpaired) electrons. The quantitative estimate of drug-likeness (QED) is 0.804. The predicted molar refractivity (Wildman–Crippen MR) is 84.9 cm³/mol. The van der Waals surface area contributed by atoms with Crippen LogP contribution in [0.2, 0.25) is 0 Å². The molecule has 3 aliphatic heterocycles. The number of nitrogens with zero attached hydrogens (tertiary/aromatic N) is 2. The van der Waals surface area contributed by atoms with Gasteiger partial charge >= 0.3 is 0 Å². The smallest absolute Gasteiger partial charge is 0.224 e. The lowest BCUT2D eigenvalue weighted by molar-refractivity contribution is -0.150. The van der Waals surface area contributed by atoms with Gasteiger partial charge < -0.3 is 9.80 Å². The second-order valence-electron chi connectivity index (χ2n) is 7.38. The van der Waals surface area contributed by atoms with Gasteiger partial charge in [-0.1, -0.05) is 6.92 Å². The van der Waals surface area contributed by atoms with Gasteiger partial charge in [-0.3, -0.25) is 10.1 Å². The number of fused-ring (bicyclic) bond motifs is 3. The van der Waals surface area contributed by atoms with Crippen LogP contribution in [-0.4, -0.2) is 54.6 Å². The van der Waals surface area contributed by atoms with Crippen molar-refractivity contribution in [3.8, 4) is 0 Å². The van der Waals surface area contributed by atoms with Crippen LogP contribution >= 0.6 is 0 Å². The fraction of sp³-hybridized carbons (Fsp3) is 0.941. The van der Waals surface area contributed by atoms with Crippen molar-refractivity contribution in [3.05, 3.63) is 0 Å². The molecule has 2 bridgehead atoms. The van der Waals surface area contributed by atoms with Crippen LogP contribution in [0.1, 0.15) is 51.9 Å². The maximum atomic E-state index is 12.6. The van der Waals surface area contributed by atoms with E-state index in [0.29, 0.717) is 17.7 Å². The van der Waals surface area contributed by atoms with Gasteiger partial charge in [0.25, 0.3) is 0 Å². The minimum Gasteiger partial charge on any atom is -0.324 e. The zero-order valence-corrected chi connectivity index (χ0v) is 13.7. The summed E-state index contributed by atoms with van der Waals surface area (Å²) in [5.74, 6) is 1.57. The molecule has 3 saturated heterocycles. The number of amides is 1. The average molecular weight is 293 g/mol. The zero-order chi connectivity index (χ0) is 14.9. The summed E-state index contributed by atoms with van der Waals surface area (Å²) >= 11 is 0. The molecule has 120 valence electrons. The monoisotopic (exact) mass is 293 g/mol. The number of nitrogens with one attached hydrogen (secondary N) is 1. The predicted octanol–water partition coefficient (Wildman–Crippen LogP) is 2.06. The van der Waals surface area contributed by atoms with E-state index in [0.717, 1.165) is 25.8 Å². The number of hydrogen-bond acceptors (Lipinski definition) is 3. The molecule has 1 unspecified atom stereocenters. The Labute approximate surface area is 129 Å². The largest absolute Gasteiger partial charge is 0.324 e. The number of carbonyl (C=O) groups excluding carboxylic acids is 1. The molecular formula is C17H31N3O. The van der Waals surface area contributed by atoms with Crippen molar-refractivity contribution < 1.29 is 4.79 Å². The Bertz CT molecular complexity index is 386. The summed E-state index contributed by atoms with van der Waals surface area (Å²) in [7, 11) is 2.06. The Kier molecular flexibility index (Phi) is 4.55. The van der Waals surface area contributed by atoms with Crippen LogP contribution in [-0.2, 0) is 4.79 Å². The molecule has 0 saturated carbocycles. The van der Waals surface area contributed by atoms with E-state index in [-0.39, 0.29) is 5.66 Å². The van der Waals surface area contributed by atoms with E-state index in [9.17, 15) is 4.79 Å². The van der Waals surface area contributed by atoms with Crippen LogP contribution in [0, 0.1) is 11.8 Å². The first-order valence-electron chi connectivity index (χ1n) is 8.87. The van der Waals surface area contributed by atoms with Gasteiger partial charge in [0.15, 0.2) is 0 Å². The fourth-order valence-electron chi connectivity index (χ4n) is 4.91. The van der Waals surface area contributed by atoms with Crippen molar-refractivity contribution in [2.75, 3.05) is 33.2 Å². The van der Waals surface area contributed by atoms with Gasteiger partial charge in [-0.2, -0.15) is 0 Å². The SMILES string of the molecule is CN[C@@]12CCCC(=O)N1C[C@H]1CCCN(CCC[C@@H]2C)C1. The maximum absolute atomic E-state index is 12.6. The Morgan fingerprint density at radius 3 is 2.67 bits per heavy atom. The molecular weight excluding hydrogens is 262 g/mol. The Balaban J connectivity index is 1.88. The molecule has 0 spiro atoms. The minimum atomic E-state index is -0.0883. The Morgan fingerprint density at radius 1 is 1.14 bits per heavy atom. The van der Waals surface area contributed by atoms with Crippen molar-refractivity contribution in [3.63, 3.8) is 0 Å². The van der Waals surface area contributed by atoms with Crippen LogP contribution in [0.5, 0.6) is 0 Å². The number of rotatable bonds is 1. The number of piperidine rings is 2. The summed E-state index contributed by atoms with van der Waals surface area (Å²) in [6, 6.07) is 0. The van der Waals surface area contributed by atoms with Gasteiger partial charge in [-0.15, -0.1) is 0 Å². The second-order valence-corrected chi connectivity index (χ2v) is 7.38. The third kappa shape index (κ3) is 2.85. The van der Waals surface area contributed by atoms with Crippen molar-refractivity contribution >= 4 is 5.91 Å². The topological polar surface area (TPSA) is 35.6 Å². The normalized spacial score (nSPS) is 41.5. The van der Waals surface area contributed by atoms with Crippen LogP contribution in [0.15, 0.2) is 0 Å². The van der Waals surface area contributed by atoms with E-state index in [2.05, 4.69) is 29.1 Å². The second kappa shape index (κ2) is 6.25. The summed E-state index contributed by atoms with van der Waals surface area (Å²) < 4.78 is 0. The molecule has 21 heavy (non-hydrogen) atoms. The van der Waals surface area contributed by atoms with Crippen molar-refractivity contribution in [2.45, 2.75) is 57.5 Å². The van der Waals surface area contributed by atoms with Gasteiger partial charge in [0.1, 0.15) is 0 Å². The summed E-state index contributed by atoms with van der Waals surface area (Å²) in [5, 5.41) is 3.58. The molecule has 4 heteroatoms. The first-order chi connectivity index (χ1) is 10.2. The molecule has 1 N–H and O–H groups in total. The average Bonchev–Trinajstić information content (AvgIpc) is 2.49. The van der Waals surface area contributed by atoms with Crippen LogP contribution in [0.25, 0.3) is 0 Å². The Morgan fingerprint density at radius 2 is 1.90 bits per heavy atom. The van der Waals surface area contributed by atoms with Gasteiger partial charge in [-0.25, -0.2) is 0 Å². The van der Waals surface area contributed by atoms with E-state index in [1.165, 1.54) is 45.3 Å². The molecule has 4 atom stereocenters. The lowest BCUT2D eigenvalue weighted by Crippen LogP contribution is -2.67. The first-order valence-corrected chi connectivity index (χ1v) is 8.87. The molecule has 0 aliphatic carbocycles. The minimum absolute atomic E-state index is 0.0883. The van der Waals surface area contributed by atoms with E-state index in [4.69, 9.17) is 0 Å². The highest BCUT2D eigenvalue weighted by atomic mass is 16.2. The van der Waals surface area contributed by atoms with Crippen LogP contribution in [0.3, 0.4) is 0 Å². The summed E-state index contributed by atoms with van der Waals surface area (Å²) in [6.45, 7) is 7.00. The highest BCUT2D eigenvalue weighted by Gasteiger charge is 2.46. The lowest BCUT2D eigenvalue weighted by Gasteiger charge is -2.53. The highest BCUT2D eigenvalue weighted by molar-refractivity contribution is 5.78. The van der Waals surface area contributed by atoms with Gasteiger partial charge in [0, 0.05) is 19.5 Å². The third-order valence-corrected chi connectivity index (χ3v) is 6.13. The summed E-state index contributed by atoms with van der Waals surface area (Å²) in [5.41, 5.74) is -0.0883. The number of carbonyl (C=O) groups is 1. The van der Waals surface area contributed by atoms with Crippen molar-refractivity contribution in [1.29, 1.82) is 0 Å². The zero-order valence-electron chi connectivity index (χ0n) is 13.7. The van der Waals surface area contributed by atoms with Gasteiger partial charge in [0.05, 0.1) is 5.66 Å². The molecule has 3 rings (SSSR count). The summed E-state index contributed by atoms with van der Waals surface area (Å²) in [6.07, 6.45) is 7.96. The highest BCUT2D eigenvalue weighted by Crippen LogP contribution is 2.37. The van der Waals surface area contributed by atoms with Gasteiger partial charge in [-0.05, 0) is 70.5 Å². The lowest BCUT2D eigenvalue weighted by atomic mass is 9.79. The third-order valence-electron chi connectivity index (χ3n) is 6.13. The molecule has 3 fully saturated rings. The van der Waals surface area contributed by atoms with E-state index in [1.807, 2.05) is 0 Å². The standard InChI is InChI=1S/C17H31N3O/c1-14-6-4-10-19-11-5-7-15(12-19)13-20-16(21)8-3-9-17(14,20)18-2/h14-15,18H,3-13H2,1-2H3/t14-,15-,17-/m0/s1. The molecule has 4 nitrogen and oxygen atoms in total. The van der Waals surface area contributed by atoms with E-state index < -0.39 is 0 Å². The van der Waals surface area contributed by atoms with Crippen LogP contribution < -0.4 is 5.32 Å². The molecule has 3 heterocycles.